The largest absolute Gasteiger partial charge is 0.371 e. The fraction of sp³-hybridized carbons (Fsp3) is 0.500. The SMILES string of the molecule is O=C(c1cc(Cl)ccn1)N1CC2CCC(C1)O2. The van der Waals surface area contributed by atoms with E-state index >= 15 is 0 Å². The third kappa shape index (κ3) is 2.15. The van der Waals surface area contributed by atoms with Gasteiger partial charge in [-0.1, -0.05) is 11.6 Å². The lowest BCUT2D eigenvalue weighted by Crippen LogP contribution is -2.46. The fourth-order valence-corrected chi connectivity index (χ4v) is 2.62. The van der Waals surface area contributed by atoms with Crippen LogP contribution in [0, 0.1) is 0 Å². The van der Waals surface area contributed by atoms with Crippen molar-refractivity contribution in [3.05, 3.63) is 29.0 Å². The number of rotatable bonds is 1. The molecule has 0 spiro atoms. The van der Waals surface area contributed by atoms with Gasteiger partial charge >= 0.3 is 0 Å². The summed E-state index contributed by atoms with van der Waals surface area (Å²) >= 11 is 5.86. The fourth-order valence-electron chi connectivity index (χ4n) is 2.46. The van der Waals surface area contributed by atoms with Gasteiger partial charge in [-0.25, -0.2) is 0 Å². The maximum absolute atomic E-state index is 12.2. The van der Waals surface area contributed by atoms with E-state index in [9.17, 15) is 4.79 Å². The van der Waals surface area contributed by atoms with Gasteiger partial charge in [0.1, 0.15) is 5.69 Å². The first-order chi connectivity index (χ1) is 8.22. The zero-order valence-electron chi connectivity index (χ0n) is 9.30. The number of fused-ring (bicyclic) bond motifs is 2. The summed E-state index contributed by atoms with van der Waals surface area (Å²) in [5.74, 6) is -0.0484. The maximum atomic E-state index is 12.2. The molecule has 1 aromatic heterocycles. The third-order valence-electron chi connectivity index (χ3n) is 3.27. The van der Waals surface area contributed by atoms with Gasteiger partial charge in [0.25, 0.3) is 5.91 Å². The number of hydrogen-bond acceptors (Lipinski definition) is 3. The smallest absolute Gasteiger partial charge is 0.272 e. The number of hydrogen-bond donors (Lipinski definition) is 0. The monoisotopic (exact) mass is 252 g/mol. The normalized spacial score (nSPS) is 27.2. The third-order valence-corrected chi connectivity index (χ3v) is 3.51. The first-order valence-electron chi connectivity index (χ1n) is 5.78. The van der Waals surface area contributed by atoms with Crippen molar-refractivity contribution in [2.45, 2.75) is 25.0 Å². The molecule has 3 heterocycles. The van der Waals surface area contributed by atoms with E-state index in [0.717, 1.165) is 12.8 Å². The molecular formula is C12H13ClN2O2. The molecule has 0 N–H and O–H groups in total. The number of pyridine rings is 1. The molecule has 0 aromatic carbocycles. The molecule has 0 aliphatic carbocycles. The van der Waals surface area contributed by atoms with E-state index < -0.39 is 0 Å². The lowest BCUT2D eigenvalue weighted by atomic mass is 10.2. The Morgan fingerprint density at radius 3 is 2.76 bits per heavy atom. The Kier molecular flexibility index (Phi) is 2.76. The zero-order chi connectivity index (χ0) is 11.8. The summed E-state index contributed by atoms with van der Waals surface area (Å²) in [4.78, 5) is 18.1. The van der Waals surface area contributed by atoms with Crippen LogP contribution in [0.3, 0.4) is 0 Å². The van der Waals surface area contributed by atoms with Crippen LogP contribution in [0.15, 0.2) is 18.3 Å². The van der Waals surface area contributed by atoms with E-state index in [4.69, 9.17) is 16.3 Å². The summed E-state index contributed by atoms with van der Waals surface area (Å²) in [5, 5.41) is 0.541. The molecule has 2 aliphatic rings. The number of carbonyl (C=O) groups excluding carboxylic acids is 1. The van der Waals surface area contributed by atoms with Crippen molar-refractivity contribution in [2.24, 2.45) is 0 Å². The first kappa shape index (κ1) is 11.0. The Balaban J connectivity index is 1.78. The van der Waals surface area contributed by atoms with E-state index in [1.807, 2.05) is 4.90 Å². The summed E-state index contributed by atoms with van der Waals surface area (Å²) < 4.78 is 5.70. The molecule has 2 aliphatic heterocycles. The van der Waals surface area contributed by atoms with E-state index in [1.54, 1.807) is 18.3 Å². The van der Waals surface area contributed by atoms with Crippen LogP contribution in [-0.2, 0) is 4.74 Å². The molecule has 90 valence electrons. The number of morpholine rings is 1. The Hall–Kier alpha value is -1.13. The summed E-state index contributed by atoms with van der Waals surface area (Å²) in [6.07, 6.45) is 4.08. The van der Waals surface area contributed by atoms with Crippen LogP contribution >= 0.6 is 11.6 Å². The summed E-state index contributed by atoms with van der Waals surface area (Å²) in [5.41, 5.74) is 0.416. The lowest BCUT2D eigenvalue weighted by Gasteiger charge is -2.31. The highest BCUT2D eigenvalue weighted by molar-refractivity contribution is 6.30. The standard InChI is InChI=1S/C12H13ClN2O2/c13-8-3-4-14-11(5-8)12(16)15-6-9-1-2-10(7-15)17-9/h3-5,9-10H,1-2,6-7H2. The van der Waals surface area contributed by atoms with Crippen molar-refractivity contribution >= 4 is 17.5 Å². The summed E-state index contributed by atoms with van der Waals surface area (Å²) in [6, 6.07) is 3.28. The highest BCUT2D eigenvalue weighted by Crippen LogP contribution is 2.27. The van der Waals surface area contributed by atoms with Crippen LogP contribution in [0.2, 0.25) is 5.02 Å². The Morgan fingerprint density at radius 2 is 2.12 bits per heavy atom. The minimum atomic E-state index is -0.0484. The number of aromatic nitrogens is 1. The Bertz CT molecular complexity index is 440. The second-order valence-electron chi connectivity index (χ2n) is 4.53. The van der Waals surface area contributed by atoms with Crippen LogP contribution in [0.25, 0.3) is 0 Å². The Morgan fingerprint density at radius 1 is 1.41 bits per heavy atom. The van der Waals surface area contributed by atoms with Crippen molar-refractivity contribution in [1.29, 1.82) is 0 Å². The van der Waals surface area contributed by atoms with Crippen LogP contribution in [0.4, 0.5) is 0 Å². The predicted molar refractivity (Wildman–Crippen MR) is 63.0 cm³/mol. The van der Waals surface area contributed by atoms with Crippen LogP contribution in [0.5, 0.6) is 0 Å². The van der Waals surface area contributed by atoms with Gasteiger partial charge in [0.2, 0.25) is 0 Å². The molecule has 17 heavy (non-hydrogen) atoms. The summed E-state index contributed by atoms with van der Waals surface area (Å²) in [6.45, 7) is 1.34. The van der Waals surface area contributed by atoms with Gasteiger partial charge in [-0.05, 0) is 25.0 Å². The molecule has 2 fully saturated rings. The number of halogens is 1. The van der Waals surface area contributed by atoms with Crippen LogP contribution in [-0.4, -0.2) is 41.1 Å². The minimum absolute atomic E-state index is 0.0484. The second-order valence-corrected chi connectivity index (χ2v) is 4.96. The maximum Gasteiger partial charge on any atom is 0.272 e. The van der Waals surface area contributed by atoms with Crippen molar-refractivity contribution in [2.75, 3.05) is 13.1 Å². The Labute approximate surface area is 105 Å². The molecule has 2 saturated heterocycles. The van der Waals surface area contributed by atoms with Crippen molar-refractivity contribution in [1.82, 2.24) is 9.88 Å². The van der Waals surface area contributed by atoms with Gasteiger partial charge in [-0.2, -0.15) is 0 Å². The van der Waals surface area contributed by atoms with E-state index in [0.29, 0.717) is 23.8 Å². The molecule has 0 radical (unpaired) electrons. The number of likely N-dealkylation sites (tertiary alicyclic amines) is 1. The van der Waals surface area contributed by atoms with Crippen molar-refractivity contribution in [3.8, 4) is 0 Å². The van der Waals surface area contributed by atoms with Crippen molar-refractivity contribution in [3.63, 3.8) is 0 Å². The second kappa shape index (κ2) is 4.27. The molecule has 2 atom stereocenters. The van der Waals surface area contributed by atoms with Gasteiger partial charge in [0.05, 0.1) is 12.2 Å². The highest BCUT2D eigenvalue weighted by atomic mass is 35.5. The molecule has 4 nitrogen and oxygen atoms in total. The summed E-state index contributed by atoms with van der Waals surface area (Å²) in [7, 11) is 0. The molecule has 1 amide bonds. The number of amides is 1. The highest BCUT2D eigenvalue weighted by Gasteiger charge is 2.36. The average Bonchev–Trinajstić information content (AvgIpc) is 2.67. The molecule has 5 heteroatoms. The number of carbonyl (C=O) groups is 1. The molecule has 0 saturated carbocycles. The topological polar surface area (TPSA) is 42.4 Å². The van der Waals surface area contributed by atoms with Gasteiger partial charge in [0.15, 0.2) is 0 Å². The molecular weight excluding hydrogens is 240 g/mol. The van der Waals surface area contributed by atoms with Crippen molar-refractivity contribution < 1.29 is 9.53 Å². The molecule has 1 aromatic rings. The van der Waals surface area contributed by atoms with Crippen LogP contribution < -0.4 is 0 Å². The van der Waals surface area contributed by atoms with E-state index in [-0.39, 0.29) is 18.1 Å². The molecule has 3 rings (SSSR count). The molecule has 2 bridgehead atoms. The quantitative estimate of drug-likeness (QED) is 0.765. The predicted octanol–water partition coefficient (Wildman–Crippen LogP) is 1.74. The van der Waals surface area contributed by atoms with Crippen LogP contribution in [0.1, 0.15) is 23.3 Å². The number of ether oxygens (including phenoxy) is 1. The van der Waals surface area contributed by atoms with E-state index in [1.165, 1.54) is 0 Å². The van der Waals surface area contributed by atoms with Gasteiger partial charge in [0, 0.05) is 24.3 Å². The zero-order valence-corrected chi connectivity index (χ0v) is 10.1. The van der Waals surface area contributed by atoms with E-state index in [2.05, 4.69) is 4.98 Å². The van der Waals surface area contributed by atoms with Gasteiger partial charge in [-0.15, -0.1) is 0 Å². The first-order valence-corrected chi connectivity index (χ1v) is 6.16. The average molecular weight is 253 g/mol. The number of nitrogens with zero attached hydrogens (tertiary/aromatic N) is 2. The lowest BCUT2D eigenvalue weighted by molar-refractivity contribution is -0.0305. The van der Waals surface area contributed by atoms with Gasteiger partial charge < -0.3 is 9.64 Å². The van der Waals surface area contributed by atoms with Gasteiger partial charge in [-0.3, -0.25) is 9.78 Å². The molecule has 2 unspecified atom stereocenters. The minimum Gasteiger partial charge on any atom is -0.371 e.